The molecule has 112 valence electrons. The molecule has 0 radical (unpaired) electrons. The van der Waals surface area contributed by atoms with Gasteiger partial charge in [-0.05, 0) is 44.0 Å². The van der Waals surface area contributed by atoms with E-state index in [1.54, 1.807) is 4.90 Å². The average Bonchev–Trinajstić information content (AvgIpc) is 2.72. The molecule has 1 saturated carbocycles. The van der Waals surface area contributed by atoms with Crippen molar-refractivity contribution in [1.29, 1.82) is 0 Å². The van der Waals surface area contributed by atoms with Crippen LogP contribution in [-0.2, 0) is 4.79 Å². The molecule has 0 bridgehead atoms. The Morgan fingerprint density at radius 2 is 1.81 bits per heavy atom. The first-order chi connectivity index (χ1) is 10.2. The molecule has 1 aromatic carbocycles. The zero-order chi connectivity index (χ0) is 14.9. The Morgan fingerprint density at radius 3 is 2.43 bits per heavy atom. The molecule has 1 aromatic rings. The fraction of sp³-hybridized carbons (Fsp3) is 0.500. The van der Waals surface area contributed by atoms with E-state index >= 15 is 0 Å². The van der Waals surface area contributed by atoms with Crippen molar-refractivity contribution < 1.29 is 14.3 Å². The van der Waals surface area contributed by atoms with E-state index in [0.717, 1.165) is 43.5 Å². The molecule has 1 saturated heterocycles. The van der Waals surface area contributed by atoms with Crippen molar-refractivity contribution >= 4 is 17.6 Å². The van der Waals surface area contributed by atoms with E-state index in [2.05, 4.69) is 5.32 Å². The first kappa shape index (κ1) is 13.9. The molecule has 1 aliphatic carbocycles. The second kappa shape index (κ2) is 5.39. The van der Waals surface area contributed by atoms with Crippen molar-refractivity contribution in [1.82, 2.24) is 5.32 Å². The quantitative estimate of drug-likeness (QED) is 0.870. The van der Waals surface area contributed by atoms with E-state index in [4.69, 9.17) is 4.74 Å². The molecule has 5 nitrogen and oxygen atoms in total. The summed E-state index contributed by atoms with van der Waals surface area (Å²) >= 11 is 0. The molecule has 1 heterocycles. The molecular weight excluding hydrogens is 268 g/mol. The Kier molecular flexibility index (Phi) is 3.57. The highest BCUT2D eigenvalue weighted by Gasteiger charge is 2.53. The topological polar surface area (TPSA) is 58.6 Å². The van der Waals surface area contributed by atoms with E-state index in [0.29, 0.717) is 6.61 Å². The van der Waals surface area contributed by atoms with Gasteiger partial charge in [0.25, 0.3) is 5.91 Å². The zero-order valence-corrected chi connectivity index (χ0v) is 12.2. The molecule has 0 atom stereocenters. The number of benzene rings is 1. The number of carbonyl (C=O) groups excluding carboxylic acids is 2. The first-order valence-corrected chi connectivity index (χ1v) is 7.56. The summed E-state index contributed by atoms with van der Waals surface area (Å²) in [5.41, 5.74) is 0.0614. The third-order valence-electron chi connectivity index (χ3n) is 4.36. The summed E-state index contributed by atoms with van der Waals surface area (Å²) in [5.74, 6) is 0.617. The molecule has 2 aliphatic rings. The second-order valence-electron chi connectivity index (χ2n) is 5.61. The van der Waals surface area contributed by atoms with Crippen molar-refractivity contribution in [3.8, 4) is 5.75 Å². The highest BCUT2D eigenvalue weighted by atomic mass is 16.5. The average molecular weight is 288 g/mol. The molecule has 0 aromatic heterocycles. The highest BCUT2D eigenvalue weighted by molar-refractivity contribution is 6.17. The number of anilines is 1. The Balaban J connectivity index is 1.94. The van der Waals surface area contributed by atoms with Gasteiger partial charge < -0.3 is 4.74 Å². The van der Waals surface area contributed by atoms with Crippen LogP contribution in [0.3, 0.4) is 0 Å². The van der Waals surface area contributed by atoms with Crippen LogP contribution in [0, 0.1) is 0 Å². The zero-order valence-electron chi connectivity index (χ0n) is 12.2. The lowest BCUT2D eigenvalue weighted by atomic mass is 9.80. The van der Waals surface area contributed by atoms with Gasteiger partial charge in [0, 0.05) is 5.69 Å². The number of urea groups is 1. The van der Waals surface area contributed by atoms with Gasteiger partial charge in [0.1, 0.15) is 11.3 Å². The summed E-state index contributed by atoms with van der Waals surface area (Å²) in [4.78, 5) is 26.2. The van der Waals surface area contributed by atoms with Gasteiger partial charge in [0.05, 0.1) is 6.61 Å². The van der Waals surface area contributed by atoms with Crippen molar-refractivity contribution in [2.45, 2.75) is 44.6 Å². The van der Waals surface area contributed by atoms with Crippen molar-refractivity contribution in [2.24, 2.45) is 0 Å². The lowest BCUT2D eigenvalue weighted by Crippen LogP contribution is -2.51. The predicted molar refractivity (Wildman–Crippen MR) is 79.4 cm³/mol. The van der Waals surface area contributed by atoms with Gasteiger partial charge in [-0.3, -0.25) is 15.0 Å². The number of carbonyl (C=O) groups is 2. The maximum atomic E-state index is 12.3. The molecule has 1 spiro atoms. The molecule has 1 aliphatic heterocycles. The Hall–Kier alpha value is -2.04. The number of amides is 3. The standard InChI is InChI=1S/C16H20N2O3/c1-2-21-13-8-6-12(7-9-13)18-15(20)17-14(19)16(18)10-4-3-5-11-16/h6-9H,2-5,10-11H2,1H3,(H,17,19,20). The number of imide groups is 1. The van der Waals surface area contributed by atoms with Gasteiger partial charge >= 0.3 is 6.03 Å². The van der Waals surface area contributed by atoms with Crippen LogP contribution in [-0.4, -0.2) is 24.1 Å². The second-order valence-corrected chi connectivity index (χ2v) is 5.61. The molecule has 5 heteroatoms. The predicted octanol–water partition coefficient (Wildman–Crippen LogP) is 2.84. The molecule has 1 N–H and O–H groups in total. The molecule has 21 heavy (non-hydrogen) atoms. The molecule has 3 amide bonds. The van der Waals surface area contributed by atoms with Crippen molar-refractivity contribution in [2.75, 3.05) is 11.5 Å². The fourth-order valence-electron chi connectivity index (χ4n) is 3.38. The van der Waals surface area contributed by atoms with Crippen molar-refractivity contribution in [3.63, 3.8) is 0 Å². The number of nitrogens with one attached hydrogen (secondary N) is 1. The summed E-state index contributed by atoms with van der Waals surface area (Å²) in [6, 6.07) is 7.06. The lowest BCUT2D eigenvalue weighted by Gasteiger charge is -2.38. The Labute approximate surface area is 124 Å². The summed E-state index contributed by atoms with van der Waals surface area (Å²) in [6.45, 7) is 2.53. The smallest absolute Gasteiger partial charge is 0.329 e. The number of hydrogen-bond acceptors (Lipinski definition) is 3. The molecular formula is C16H20N2O3. The minimum atomic E-state index is -0.692. The van der Waals surface area contributed by atoms with Crippen LogP contribution in [0.1, 0.15) is 39.0 Å². The monoisotopic (exact) mass is 288 g/mol. The number of rotatable bonds is 3. The number of hydrogen-bond donors (Lipinski definition) is 1. The van der Waals surface area contributed by atoms with E-state index < -0.39 is 5.54 Å². The molecule has 0 unspecified atom stereocenters. The third kappa shape index (κ3) is 2.26. The van der Waals surface area contributed by atoms with Gasteiger partial charge in [-0.1, -0.05) is 19.3 Å². The fourth-order valence-corrected chi connectivity index (χ4v) is 3.38. The van der Waals surface area contributed by atoms with Crippen LogP contribution < -0.4 is 15.0 Å². The summed E-state index contributed by atoms with van der Waals surface area (Å²) in [5, 5.41) is 2.48. The van der Waals surface area contributed by atoms with Crippen LogP contribution in [0.5, 0.6) is 5.75 Å². The minimum absolute atomic E-state index is 0.152. The summed E-state index contributed by atoms with van der Waals surface area (Å²) in [6.07, 6.45) is 4.55. The van der Waals surface area contributed by atoms with E-state index in [1.807, 2.05) is 31.2 Å². The normalized spacial score (nSPS) is 20.7. The van der Waals surface area contributed by atoms with Crippen molar-refractivity contribution in [3.05, 3.63) is 24.3 Å². The van der Waals surface area contributed by atoms with E-state index in [9.17, 15) is 9.59 Å². The van der Waals surface area contributed by atoms with Gasteiger partial charge in [-0.2, -0.15) is 0 Å². The van der Waals surface area contributed by atoms with Crippen LogP contribution >= 0.6 is 0 Å². The maximum Gasteiger partial charge on any atom is 0.329 e. The maximum absolute atomic E-state index is 12.3. The van der Waals surface area contributed by atoms with E-state index in [-0.39, 0.29) is 11.9 Å². The van der Waals surface area contributed by atoms with Gasteiger partial charge in [0.15, 0.2) is 0 Å². The Morgan fingerprint density at radius 1 is 1.14 bits per heavy atom. The largest absolute Gasteiger partial charge is 0.494 e. The van der Waals surface area contributed by atoms with Gasteiger partial charge in [-0.15, -0.1) is 0 Å². The lowest BCUT2D eigenvalue weighted by molar-refractivity contribution is -0.124. The van der Waals surface area contributed by atoms with Crippen LogP contribution in [0.2, 0.25) is 0 Å². The SMILES string of the molecule is CCOc1ccc(N2C(=O)NC(=O)C23CCCCC3)cc1. The number of ether oxygens (including phenoxy) is 1. The first-order valence-electron chi connectivity index (χ1n) is 7.56. The van der Waals surface area contributed by atoms with E-state index in [1.165, 1.54) is 0 Å². The molecule has 3 rings (SSSR count). The van der Waals surface area contributed by atoms with Crippen LogP contribution in [0.25, 0.3) is 0 Å². The summed E-state index contributed by atoms with van der Waals surface area (Å²) in [7, 11) is 0. The minimum Gasteiger partial charge on any atom is -0.494 e. The van der Waals surface area contributed by atoms with Crippen LogP contribution in [0.4, 0.5) is 10.5 Å². The van der Waals surface area contributed by atoms with Crippen LogP contribution in [0.15, 0.2) is 24.3 Å². The number of nitrogens with zero attached hydrogens (tertiary/aromatic N) is 1. The van der Waals surface area contributed by atoms with Gasteiger partial charge in [-0.25, -0.2) is 4.79 Å². The third-order valence-corrected chi connectivity index (χ3v) is 4.36. The Bertz CT molecular complexity index is 547. The molecule has 2 fully saturated rings. The van der Waals surface area contributed by atoms with Gasteiger partial charge in [0.2, 0.25) is 0 Å². The highest BCUT2D eigenvalue weighted by Crippen LogP contribution is 2.40. The summed E-state index contributed by atoms with van der Waals surface area (Å²) < 4.78 is 5.42.